The largest absolute Gasteiger partial charge is 0.480 e. The van der Waals surface area contributed by atoms with Crippen LogP contribution in [-0.4, -0.2) is 69.4 Å². The highest BCUT2D eigenvalue weighted by Gasteiger charge is 2.38. The molecule has 4 rings (SSSR count). The lowest BCUT2D eigenvalue weighted by Crippen LogP contribution is -2.58. The summed E-state index contributed by atoms with van der Waals surface area (Å²) < 4.78 is 0. The van der Waals surface area contributed by atoms with E-state index < -0.39 is 47.9 Å². The molecule has 218 valence electrons. The summed E-state index contributed by atoms with van der Waals surface area (Å²) in [6, 6.07) is 13.3. The maximum atomic E-state index is 13.8. The first-order valence-electron chi connectivity index (χ1n) is 14.1. The van der Waals surface area contributed by atoms with Gasteiger partial charge < -0.3 is 31.4 Å². The van der Waals surface area contributed by atoms with Gasteiger partial charge in [-0.25, -0.2) is 4.79 Å². The molecule has 0 bridgehead atoms. The number of aromatic nitrogens is 1. The predicted molar refractivity (Wildman–Crippen MR) is 156 cm³/mol. The highest BCUT2D eigenvalue weighted by Crippen LogP contribution is 2.22. The van der Waals surface area contributed by atoms with Gasteiger partial charge in [-0.3, -0.25) is 14.4 Å². The van der Waals surface area contributed by atoms with Gasteiger partial charge in [-0.1, -0.05) is 62.4 Å². The average Bonchev–Trinajstić information content (AvgIpc) is 3.60. The molecule has 0 radical (unpaired) electrons. The van der Waals surface area contributed by atoms with E-state index >= 15 is 0 Å². The van der Waals surface area contributed by atoms with Crippen LogP contribution in [0, 0.1) is 5.92 Å². The van der Waals surface area contributed by atoms with Crippen molar-refractivity contribution in [3.05, 3.63) is 71.9 Å². The molecule has 1 saturated heterocycles. The fourth-order valence-electron chi connectivity index (χ4n) is 5.42. The Morgan fingerprint density at radius 1 is 0.976 bits per heavy atom. The second-order valence-corrected chi connectivity index (χ2v) is 11.1. The van der Waals surface area contributed by atoms with Crippen molar-refractivity contribution in [3.63, 3.8) is 0 Å². The van der Waals surface area contributed by atoms with E-state index in [1.807, 2.05) is 68.4 Å². The molecular formula is C31H39N5O5. The average molecular weight is 562 g/mol. The summed E-state index contributed by atoms with van der Waals surface area (Å²) in [7, 11) is 0. The number of carboxylic acid groups (broad SMARTS) is 1. The van der Waals surface area contributed by atoms with Crippen molar-refractivity contribution in [2.24, 2.45) is 11.7 Å². The number of nitrogens with one attached hydrogen (secondary N) is 3. The Kier molecular flexibility index (Phi) is 9.78. The minimum Gasteiger partial charge on any atom is -0.480 e. The zero-order valence-electron chi connectivity index (χ0n) is 23.5. The molecule has 2 aromatic carbocycles. The number of carbonyl (C=O) groups excluding carboxylic acids is 3. The Balaban J connectivity index is 1.56. The van der Waals surface area contributed by atoms with Crippen LogP contribution in [0.2, 0.25) is 0 Å². The first-order valence-corrected chi connectivity index (χ1v) is 14.1. The van der Waals surface area contributed by atoms with Crippen LogP contribution in [0.1, 0.15) is 44.2 Å². The standard InChI is InChI=1S/C31H39N5O5/c1-19(2)15-26(30(39)36-14-8-13-27(36)31(40)41)35-29(38)25(17-21-18-33-24-12-7-6-11-22(21)24)34-28(37)23(32)16-20-9-4-3-5-10-20/h3-7,9-12,18-19,23,25-27,33H,8,13-17,32H2,1-2H3,(H,34,37)(H,35,38)(H,40,41). The van der Waals surface area contributed by atoms with Crippen LogP contribution < -0.4 is 16.4 Å². The molecular weight excluding hydrogens is 522 g/mol. The second-order valence-electron chi connectivity index (χ2n) is 11.1. The van der Waals surface area contributed by atoms with Gasteiger partial charge in [-0.2, -0.15) is 0 Å². The molecule has 41 heavy (non-hydrogen) atoms. The number of hydrogen-bond acceptors (Lipinski definition) is 5. The molecule has 4 unspecified atom stereocenters. The Morgan fingerprint density at radius 2 is 1.66 bits per heavy atom. The number of rotatable bonds is 12. The number of aromatic amines is 1. The first kappa shape index (κ1) is 29.8. The molecule has 3 amide bonds. The van der Waals surface area contributed by atoms with Crippen molar-refractivity contribution >= 4 is 34.6 Å². The summed E-state index contributed by atoms with van der Waals surface area (Å²) in [6.45, 7) is 4.18. The van der Waals surface area contributed by atoms with Crippen LogP contribution in [0.25, 0.3) is 10.9 Å². The number of aliphatic carboxylic acids is 1. The Hall–Kier alpha value is -4.18. The lowest BCUT2D eigenvalue weighted by molar-refractivity contribution is -0.149. The van der Waals surface area contributed by atoms with E-state index in [0.29, 0.717) is 32.2 Å². The molecule has 2 heterocycles. The maximum Gasteiger partial charge on any atom is 0.326 e. The topological polar surface area (TPSA) is 158 Å². The number of H-pyrrole nitrogens is 1. The highest BCUT2D eigenvalue weighted by molar-refractivity contribution is 5.95. The van der Waals surface area contributed by atoms with E-state index in [4.69, 9.17) is 5.73 Å². The summed E-state index contributed by atoms with van der Waals surface area (Å²) in [5.41, 5.74) is 8.86. The maximum absolute atomic E-state index is 13.8. The van der Waals surface area contributed by atoms with E-state index in [9.17, 15) is 24.3 Å². The molecule has 1 aliphatic heterocycles. The van der Waals surface area contributed by atoms with Gasteiger partial charge in [0.05, 0.1) is 6.04 Å². The quantitative estimate of drug-likeness (QED) is 0.228. The third-order valence-corrected chi connectivity index (χ3v) is 7.51. The van der Waals surface area contributed by atoms with Crippen molar-refractivity contribution in [1.29, 1.82) is 0 Å². The Morgan fingerprint density at radius 3 is 2.37 bits per heavy atom. The fraction of sp³-hybridized carbons (Fsp3) is 0.419. The number of carbonyl (C=O) groups is 4. The summed E-state index contributed by atoms with van der Waals surface area (Å²) in [6.07, 6.45) is 3.57. The molecule has 1 aromatic heterocycles. The zero-order chi connectivity index (χ0) is 29.5. The molecule has 6 N–H and O–H groups in total. The lowest BCUT2D eigenvalue weighted by Gasteiger charge is -2.29. The highest BCUT2D eigenvalue weighted by atomic mass is 16.4. The number of carboxylic acids is 1. The lowest BCUT2D eigenvalue weighted by atomic mass is 9.99. The molecule has 0 saturated carbocycles. The smallest absolute Gasteiger partial charge is 0.326 e. The normalized spacial score (nSPS) is 17.3. The molecule has 10 heteroatoms. The molecule has 0 aliphatic carbocycles. The minimum atomic E-state index is -1.05. The summed E-state index contributed by atoms with van der Waals surface area (Å²) >= 11 is 0. The number of benzene rings is 2. The van der Waals surface area contributed by atoms with Crippen LogP contribution in [0.4, 0.5) is 0 Å². The van der Waals surface area contributed by atoms with Crippen molar-refractivity contribution in [1.82, 2.24) is 20.5 Å². The van der Waals surface area contributed by atoms with E-state index in [0.717, 1.165) is 22.0 Å². The molecule has 3 aromatic rings. The Bertz CT molecular complexity index is 1370. The van der Waals surface area contributed by atoms with Crippen LogP contribution in [0.3, 0.4) is 0 Å². The van der Waals surface area contributed by atoms with Crippen LogP contribution in [0.15, 0.2) is 60.8 Å². The van der Waals surface area contributed by atoms with Gasteiger partial charge in [-0.15, -0.1) is 0 Å². The van der Waals surface area contributed by atoms with E-state index in [1.165, 1.54) is 4.90 Å². The molecule has 1 fully saturated rings. The van der Waals surface area contributed by atoms with Gasteiger partial charge in [0.2, 0.25) is 17.7 Å². The number of para-hydroxylation sites is 1. The molecule has 0 spiro atoms. The van der Waals surface area contributed by atoms with Crippen molar-refractivity contribution in [3.8, 4) is 0 Å². The van der Waals surface area contributed by atoms with E-state index in [-0.39, 0.29) is 12.3 Å². The summed E-state index contributed by atoms with van der Waals surface area (Å²) in [5.74, 6) is -2.43. The van der Waals surface area contributed by atoms with Gasteiger partial charge in [0.1, 0.15) is 18.1 Å². The number of fused-ring (bicyclic) bond motifs is 1. The van der Waals surface area contributed by atoms with Crippen LogP contribution in [0.5, 0.6) is 0 Å². The van der Waals surface area contributed by atoms with Crippen molar-refractivity contribution in [2.75, 3.05) is 6.54 Å². The summed E-state index contributed by atoms with van der Waals surface area (Å²) in [5, 5.41) is 16.2. The number of nitrogens with two attached hydrogens (primary N) is 1. The third kappa shape index (κ3) is 7.52. The number of amides is 3. The van der Waals surface area contributed by atoms with Crippen LogP contribution in [-0.2, 0) is 32.0 Å². The van der Waals surface area contributed by atoms with Crippen molar-refractivity contribution < 1.29 is 24.3 Å². The number of likely N-dealkylation sites (tertiary alicyclic amines) is 1. The van der Waals surface area contributed by atoms with E-state index in [2.05, 4.69) is 15.6 Å². The van der Waals surface area contributed by atoms with Gasteiger partial charge in [0.15, 0.2) is 0 Å². The third-order valence-electron chi connectivity index (χ3n) is 7.51. The van der Waals surface area contributed by atoms with Gasteiger partial charge in [0.25, 0.3) is 0 Å². The molecule has 1 aliphatic rings. The van der Waals surface area contributed by atoms with Crippen molar-refractivity contribution in [2.45, 2.75) is 70.1 Å². The fourth-order valence-corrected chi connectivity index (χ4v) is 5.42. The van der Waals surface area contributed by atoms with Gasteiger partial charge in [0, 0.05) is 30.1 Å². The molecule has 10 nitrogen and oxygen atoms in total. The number of hydrogen-bond donors (Lipinski definition) is 5. The first-order chi connectivity index (χ1) is 19.6. The van der Waals surface area contributed by atoms with Gasteiger partial charge >= 0.3 is 5.97 Å². The Labute approximate surface area is 239 Å². The molecule has 4 atom stereocenters. The minimum absolute atomic E-state index is 0.0519. The predicted octanol–water partition coefficient (Wildman–Crippen LogP) is 2.37. The zero-order valence-corrected chi connectivity index (χ0v) is 23.5. The number of nitrogens with zero attached hydrogens (tertiary/aromatic N) is 1. The van der Waals surface area contributed by atoms with Crippen LogP contribution >= 0.6 is 0 Å². The van der Waals surface area contributed by atoms with Gasteiger partial charge in [-0.05, 0) is 48.8 Å². The van der Waals surface area contributed by atoms with E-state index in [1.54, 1.807) is 6.20 Å². The summed E-state index contributed by atoms with van der Waals surface area (Å²) in [4.78, 5) is 56.8. The second kappa shape index (κ2) is 13.5. The monoisotopic (exact) mass is 561 g/mol. The SMILES string of the molecule is CC(C)CC(NC(=O)C(Cc1c[nH]c2ccccc12)NC(=O)C(N)Cc1ccccc1)C(=O)N1CCCC1C(=O)O.